The first-order valence-corrected chi connectivity index (χ1v) is 9.51. The van der Waals surface area contributed by atoms with Gasteiger partial charge in [-0.25, -0.2) is 15.0 Å². The van der Waals surface area contributed by atoms with Gasteiger partial charge in [-0.3, -0.25) is 9.36 Å². The van der Waals surface area contributed by atoms with Gasteiger partial charge < -0.3 is 10.6 Å². The molecule has 7 nitrogen and oxygen atoms in total. The molecular weight excluding hydrogens is 352 g/mol. The number of aryl methyl sites for hydroxylation is 2. The molecule has 2 N–H and O–H groups in total. The molecule has 0 aliphatic carbocycles. The first kappa shape index (κ1) is 19.5. The van der Waals surface area contributed by atoms with E-state index in [4.69, 9.17) is 0 Å². The summed E-state index contributed by atoms with van der Waals surface area (Å²) >= 11 is 0. The van der Waals surface area contributed by atoms with Crippen LogP contribution >= 0.6 is 0 Å². The van der Waals surface area contributed by atoms with E-state index >= 15 is 0 Å². The number of hydrogen-bond donors (Lipinski definition) is 2. The summed E-state index contributed by atoms with van der Waals surface area (Å²) in [5.74, 6) is 2.95. The molecule has 0 saturated heterocycles. The Kier molecular flexibility index (Phi) is 6.37. The van der Waals surface area contributed by atoms with E-state index in [2.05, 4.69) is 25.6 Å². The van der Waals surface area contributed by atoms with Crippen molar-refractivity contribution in [3.63, 3.8) is 0 Å². The molecule has 0 saturated carbocycles. The van der Waals surface area contributed by atoms with Gasteiger partial charge in [0.2, 0.25) is 5.91 Å². The molecule has 1 atom stereocenters. The van der Waals surface area contributed by atoms with Crippen molar-refractivity contribution in [1.82, 2.24) is 24.8 Å². The Balaban J connectivity index is 1.56. The fourth-order valence-electron chi connectivity index (χ4n) is 3.14. The number of nitrogens with zero attached hydrogens (tertiary/aromatic N) is 4. The highest BCUT2D eigenvalue weighted by Crippen LogP contribution is 2.19. The lowest BCUT2D eigenvalue weighted by Crippen LogP contribution is -2.33. The molecule has 0 unspecified atom stereocenters. The van der Waals surface area contributed by atoms with Gasteiger partial charge in [0.1, 0.15) is 23.3 Å². The summed E-state index contributed by atoms with van der Waals surface area (Å²) in [6.07, 6.45) is 4.38. The minimum absolute atomic E-state index is 0.0455. The van der Waals surface area contributed by atoms with Crippen molar-refractivity contribution in [2.75, 3.05) is 18.4 Å². The molecule has 2 heterocycles. The van der Waals surface area contributed by atoms with E-state index in [1.54, 1.807) is 6.20 Å². The van der Waals surface area contributed by atoms with Crippen molar-refractivity contribution in [3.8, 4) is 5.82 Å². The third-order valence-corrected chi connectivity index (χ3v) is 4.55. The molecule has 1 aromatic carbocycles. The van der Waals surface area contributed by atoms with Crippen molar-refractivity contribution in [1.29, 1.82) is 0 Å². The topological polar surface area (TPSA) is 84.7 Å². The lowest BCUT2D eigenvalue weighted by molar-refractivity contribution is -0.122. The second kappa shape index (κ2) is 9.12. The van der Waals surface area contributed by atoms with Crippen LogP contribution < -0.4 is 10.6 Å². The SMILES string of the molecule is CC[C@@H](C(=O)NCCNc1cc(-n2ccnc2C)nc(C)n1)c1ccccc1. The molecule has 0 aliphatic heterocycles. The molecule has 0 aliphatic rings. The average Bonchev–Trinajstić information content (AvgIpc) is 3.12. The minimum atomic E-state index is -0.127. The van der Waals surface area contributed by atoms with Gasteiger partial charge in [0, 0.05) is 31.5 Å². The molecule has 0 spiro atoms. The van der Waals surface area contributed by atoms with Crippen LogP contribution in [0, 0.1) is 13.8 Å². The highest BCUT2D eigenvalue weighted by molar-refractivity contribution is 5.83. The van der Waals surface area contributed by atoms with Gasteiger partial charge in [0.05, 0.1) is 5.92 Å². The zero-order valence-corrected chi connectivity index (χ0v) is 16.5. The number of aromatic nitrogens is 4. The first-order valence-electron chi connectivity index (χ1n) is 9.51. The number of anilines is 1. The van der Waals surface area contributed by atoms with Crippen LogP contribution in [0.3, 0.4) is 0 Å². The van der Waals surface area contributed by atoms with E-state index in [0.717, 1.165) is 29.4 Å². The molecule has 1 amide bonds. The van der Waals surface area contributed by atoms with Crippen LogP contribution in [-0.4, -0.2) is 38.5 Å². The smallest absolute Gasteiger partial charge is 0.227 e. The van der Waals surface area contributed by atoms with E-state index in [-0.39, 0.29) is 11.8 Å². The van der Waals surface area contributed by atoms with Gasteiger partial charge in [-0.2, -0.15) is 0 Å². The number of hydrogen-bond acceptors (Lipinski definition) is 5. The second-order valence-electron chi connectivity index (χ2n) is 6.59. The summed E-state index contributed by atoms with van der Waals surface area (Å²) in [4.78, 5) is 25.6. The van der Waals surface area contributed by atoms with Crippen LogP contribution in [0.1, 0.15) is 36.5 Å². The lowest BCUT2D eigenvalue weighted by atomic mass is 9.96. The van der Waals surface area contributed by atoms with Crippen molar-refractivity contribution in [3.05, 3.63) is 66.0 Å². The predicted octanol–water partition coefficient (Wildman–Crippen LogP) is 3.00. The fourth-order valence-corrected chi connectivity index (χ4v) is 3.14. The summed E-state index contributed by atoms with van der Waals surface area (Å²) in [7, 11) is 0. The van der Waals surface area contributed by atoms with Crippen LogP contribution in [-0.2, 0) is 4.79 Å². The van der Waals surface area contributed by atoms with Crippen molar-refractivity contribution < 1.29 is 4.79 Å². The number of amides is 1. The number of carbonyl (C=O) groups excluding carboxylic acids is 1. The van der Waals surface area contributed by atoms with Crippen LogP contribution in [0.25, 0.3) is 5.82 Å². The maximum Gasteiger partial charge on any atom is 0.227 e. The zero-order valence-electron chi connectivity index (χ0n) is 16.5. The van der Waals surface area contributed by atoms with Crippen molar-refractivity contribution >= 4 is 11.7 Å². The van der Waals surface area contributed by atoms with Gasteiger partial charge >= 0.3 is 0 Å². The van der Waals surface area contributed by atoms with E-state index in [9.17, 15) is 4.79 Å². The average molecular weight is 378 g/mol. The summed E-state index contributed by atoms with van der Waals surface area (Å²) in [5.41, 5.74) is 1.04. The highest BCUT2D eigenvalue weighted by atomic mass is 16.1. The number of rotatable bonds is 8. The number of benzene rings is 1. The summed E-state index contributed by atoms with van der Waals surface area (Å²) in [6, 6.07) is 11.8. The van der Waals surface area contributed by atoms with Crippen LogP contribution in [0.5, 0.6) is 0 Å². The maximum absolute atomic E-state index is 12.5. The summed E-state index contributed by atoms with van der Waals surface area (Å²) in [6.45, 7) is 6.91. The van der Waals surface area contributed by atoms with Gasteiger partial charge in [-0.1, -0.05) is 37.3 Å². The Morgan fingerprint density at radius 1 is 1.14 bits per heavy atom. The molecule has 3 rings (SSSR count). The predicted molar refractivity (Wildman–Crippen MR) is 110 cm³/mol. The Bertz CT molecular complexity index is 922. The molecule has 0 bridgehead atoms. The van der Waals surface area contributed by atoms with E-state index in [1.807, 2.05) is 67.9 Å². The van der Waals surface area contributed by atoms with Crippen molar-refractivity contribution in [2.24, 2.45) is 0 Å². The molecule has 28 heavy (non-hydrogen) atoms. The Morgan fingerprint density at radius 3 is 2.61 bits per heavy atom. The molecule has 3 aromatic rings. The van der Waals surface area contributed by atoms with Gasteiger partial charge in [-0.05, 0) is 25.8 Å². The number of carbonyl (C=O) groups is 1. The third kappa shape index (κ3) is 4.73. The Hall–Kier alpha value is -3.22. The third-order valence-electron chi connectivity index (χ3n) is 4.55. The normalized spacial score (nSPS) is 11.8. The molecule has 0 radical (unpaired) electrons. The quantitative estimate of drug-likeness (QED) is 0.589. The van der Waals surface area contributed by atoms with Gasteiger partial charge in [0.25, 0.3) is 0 Å². The minimum Gasteiger partial charge on any atom is -0.368 e. The molecule has 0 fully saturated rings. The monoisotopic (exact) mass is 378 g/mol. The lowest BCUT2D eigenvalue weighted by Gasteiger charge is -2.16. The van der Waals surface area contributed by atoms with E-state index < -0.39 is 0 Å². The van der Waals surface area contributed by atoms with Gasteiger partial charge in [-0.15, -0.1) is 0 Å². The Labute approximate surface area is 165 Å². The Morgan fingerprint density at radius 2 is 1.93 bits per heavy atom. The van der Waals surface area contributed by atoms with Gasteiger partial charge in [0.15, 0.2) is 0 Å². The number of imidazole rings is 1. The fraction of sp³-hybridized carbons (Fsp3) is 0.333. The highest BCUT2D eigenvalue weighted by Gasteiger charge is 2.17. The van der Waals surface area contributed by atoms with Crippen LogP contribution in [0.2, 0.25) is 0 Å². The standard InChI is InChI=1S/C21H26N6O/c1-4-18(17-8-6-5-7-9-17)21(28)24-11-10-23-19-14-20(26-15(2)25-19)27-13-12-22-16(27)3/h5-9,12-14,18H,4,10-11H2,1-3H3,(H,24,28)(H,23,25,26)/t18-/m1/s1. The van der Waals surface area contributed by atoms with Crippen LogP contribution in [0.4, 0.5) is 5.82 Å². The maximum atomic E-state index is 12.5. The largest absolute Gasteiger partial charge is 0.368 e. The molecule has 2 aromatic heterocycles. The molecular formula is C21H26N6O. The van der Waals surface area contributed by atoms with E-state index in [1.165, 1.54) is 0 Å². The molecule has 7 heteroatoms. The van der Waals surface area contributed by atoms with E-state index in [0.29, 0.717) is 18.9 Å². The summed E-state index contributed by atoms with van der Waals surface area (Å²) < 4.78 is 1.91. The first-order chi connectivity index (χ1) is 13.6. The summed E-state index contributed by atoms with van der Waals surface area (Å²) in [5, 5.41) is 6.27. The second-order valence-corrected chi connectivity index (χ2v) is 6.59. The van der Waals surface area contributed by atoms with Crippen LogP contribution in [0.15, 0.2) is 48.8 Å². The molecule has 146 valence electrons. The number of nitrogens with one attached hydrogen (secondary N) is 2. The van der Waals surface area contributed by atoms with Crippen molar-refractivity contribution in [2.45, 2.75) is 33.1 Å². The zero-order chi connectivity index (χ0) is 19.9.